The number of hydrogen-bond acceptors (Lipinski definition) is 7. The minimum Gasteiger partial charge on any atom is -0.456 e. The van der Waals surface area contributed by atoms with Gasteiger partial charge in [0.15, 0.2) is 10.8 Å². The molecule has 0 aliphatic carbocycles. The summed E-state index contributed by atoms with van der Waals surface area (Å²) in [6.07, 6.45) is 0.910. The molecule has 3 rings (SSSR count). The Morgan fingerprint density at radius 1 is 1.17 bits per heavy atom. The lowest BCUT2D eigenvalue weighted by atomic mass is 10.1. The monoisotopic (exact) mass is 438 g/mol. The fourth-order valence-electron chi connectivity index (χ4n) is 3.10. The number of morpholine rings is 1. The molecule has 0 N–H and O–H groups in total. The van der Waals surface area contributed by atoms with Gasteiger partial charge in [0.1, 0.15) is 22.8 Å². The first-order valence-electron chi connectivity index (χ1n) is 9.70. The number of hydrogen-bond donors (Lipinski definition) is 0. The van der Waals surface area contributed by atoms with Gasteiger partial charge in [-0.05, 0) is 41.5 Å². The van der Waals surface area contributed by atoms with E-state index in [0.29, 0.717) is 24.5 Å². The van der Waals surface area contributed by atoms with Crippen molar-refractivity contribution in [3.63, 3.8) is 0 Å². The third kappa shape index (κ3) is 5.02. The number of ether oxygens (including phenoxy) is 3. The SMILES string of the molecule is CC(C)(C)OC(=O)c1cnc2cc(Cl)nn2c1C1COCCN1C(=O)OC(C)(C)C. The van der Waals surface area contributed by atoms with Gasteiger partial charge < -0.3 is 14.2 Å². The number of fused-ring (bicyclic) bond motifs is 1. The quantitative estimate of drug-likeness (QED) is 0.660. The van der Waals surface area contributed by atoms with Crippen LogP contribution in [0.15, 0.2) is 12.3 Å². The average molecular weight is 439 g/mol. The lowest BCUT2D eigenvalue weighted by molar-refractivity contribution is -0.0352. The second kappa shape index (κ2) is 8.03. The predicted molar refractivity (Wildman–Crippen MR) is 110 cm³/mol. The zero-order valence-corrected chi connectivity index (χ0v) is 18.8. The molecule has 1 aliphatic rings. The number of nitrogens with zero attached hydrogens (tertiary/aromatic N) is 4. The van der Waals surface area contributed by atoms with Gasteiger partial charge in [-0.25, -0.2) is 19.1 Å². The summed E-state index contributed by atoms with van der Waals surface area (Å²) in [5, 5.41) is 4.49. The van der Waals surface area contributed by atoms with Crippen LogP contribution in [0.25, 0.3) is 5.65 Å². The van der Waals surface area contributed by atoms with E-state index in [0.717, 1.165) is 0 Å². The molecule has 3 heterocycles. The Hall–Kier alpha value is -2.39. The van der Waals surface area contributed by atoms with Gasteiger partial charge in [0.2, 0.25) is 0 Å². The van der Waals surface area contributed by atoms with E-state index in [9.17, 15) is 9.59 Å². The van der Waals surface area contributed by atoms with Crippen LogP contribution in [0.5, 0.6) is 0 Å². The van der Waals surface area contributed by atoms with Crippen LogP contribution in [0.3, 0.4) is 0 Å². The van der Waals surface area contributed by atoms with Gasteiger partial charge in [-0.15, -0.1) is 0 Å². The molecule has 1 unspecified atom stereocenters. The summed E-state index contributed by atoms with van der Waals surface area (Å²) in [5.74, 6) is -0.576. The number of esters is 1. The van der Waals surface area contributed by atoms with Crippen molar-refractivity contribution in [2.24, 2.45) is 0 Å². The fourth-order valence-corrected chi connectivity index (χ4v) is 3.28. The second-order valence-corrected chi connectivity index (χ2v) is 9.45. The van der Waals surface area contributed by atoms with Gasteiger partial charge in [0.05, 0.1) is 18.9 Å². The van der Waals surface area contributed by atoms with Crippen molar-refractivity contribution in [2.75, 3.05) is 19.8 Å². The molecule has 1 fully saturated rings. The topological polar surface area (TPSA) is 95.3 Å². The van der Waals surface area contributed by atoms with E-state index in [1.807, 2.05) is 0 Å². The van der Waals surface area contributed by atoms with E-state index in [1.54, 1.807) is 47.6 Å². The summed E-state index contributed by atoms with van der Waals surface area (Å²) in [6.45, 7) is 11.5. The largest absolute Gasteiger partial charge is 0.456 e. The van der Waals surface area contributed by atoms with Crippen molar-refractivity contribution >= 4 is 29.3 Å². The maximum atomic E-state index is 13.0. The van der Waals surface area contributed by atoms with Crippen LogP contribution in [-0.4, -0.2) is 62.5 Å². The molecule has 0 radical (unpaired) electrons. The van der Waals surface area contributed by atoms with Crippen molar-refractivity contribution < 1.29 is 23.8 Å². The molecular weight excluding hydrogens is 412 g/mol. The minimum atomic E-state index is -0.709. The zero-order valence-electron chi connectivity index (χ0n) is 18.1. The third-order valence-corrected chi connectivity index (χ3v) is 4.37. The van der Waals surface area contributed by atoms with Crippen LogP contribution in [-0.2, 0) is 14.2 Å². The molecule has 164 valence electrons. The summed E-state index contributed by atoms with van der Waals surface area (Å²) in [5.41, 5.74) is -0.347. The molecule has 30 heavy (non-hydrogen) atoms. The second-order valence-electron chi connectivity index (χ2n) is 9.06. The molecule has 9 nitrogen and oxygen atoms in total. The summed E-state index contributed by atoms with van der Waals surface area (Å²) >= 11 is 6.09. The molecule has 1 saturated heterocycles. The Balaban J connectivity index is 2.12. The minimum absolute atomic E-state index is 0.158. The molecule has 0 spiro atoms. The molecule has 1 atom stereocenters. The van der Waals surface area contributed by atoms with Crippen LogP contribution in [0.1, 0.15) is 63.6 Å². The molecule has 0 bridgehead atoms. The van der Waals surface area contributed by atoms with Crippen molar-refractivity contribution in [2.45, 2.75) is 58.8 Å². The first kappa shape index (κ1) is 22.3. The standard InChI is InChI=1S/C20H27ClN4O5/c1-19(2,3)29-17(26)12-10-22-15-9-14(21)23-25(15)16(12)13-11-28-8-7-24(13)18(27)30-20(4,5)6/h9-10,13H,7-8,11H2,1-6H3. The Bertz CT molecular complexity index is 960. The molecule has 2 aromatic heterocycles. The molecule has 10 heteroatoms. The highest BCUT2D eigenvalue weighted by atomic mass is 35.5. The smallest absolute Gasteiger partial charge is 0.411 e. The summed E-state index contributed by atoms with van der Waals surface area (Å²) < 4.78 is 18.2. The van der Waals surface area contributed by atoms with Gasteiger partial charge in [0, 0.05) is 18.8 Å². The van der Waals surface area contributed by atoms with E-state index in [4.69, 9.17) is 25.8 Å². The molecule has 2 aromatic rings. The van der Waals surface area contributed by atoms with Gasteiger partial charge in [-0.1, -0.05) is 11.6 Å². The van der Waals surface area contributed by atoms with Crippen molar-refractivity contribution in [1.29, 1.82) is 0 Å². The van der Waals surface area contributed by atoms with Crippen molar-refractivity contribution in [3.8, 4) is 0 Å². The average Bonchev–Trinajstić information content (AvgIpc) is 2.98. The normalized spacial score (nSPS) is 17.8. The predicted octanol–water partition coefficient (Wildman–Crippen LogP) is 3.65. The van der Waals surface area contributed by atoms with Crippen molar-refractivity contribution in [3.05, 3.63) is 28.7 Å². The lowest BCUT2D eigenvalue weighted by Gasteiger charge is -2.37. The van der Waals surface area contributed by atoms with E-state index >= 15 is 0 Å². The van der Waals surface area contributed by atoms with E-state index < -0.39 is 29.3 Å². The number of rotatable bonds is 2. The Labute approximate surface area is 180 Å². The van der Waals surface area contributed by atoms with Gasteiger partial charge in [-0.3, -0.25) is 4.90 Å². The Kier molecular flexibility index (Phi) is 5.97. The molecule has 0 aromatic carbocycles. The molecule has 1 amide bonds. The van der Waals surface area contributed by atoms with E-state index in [-0.39, 0.29) is 17.3 Å². The molecule has 1 aliphatic heterocycles. The summed E-state index contributed by atoms with van der Waals surface area (Å²) in [4.78, 5) is 31.7. The van der Waals surface area contributed by atoms with Gasteiger partial charge in [-0.2, -0.15) is 5.10 Å². The van der Waals surface area contributed by atoms with Crippen LogP contribution >= 0.6 is 11.6 Å². The Morgan fingerprint density at radius 2 is 1.83 bits per heavy atom. The number of halogens is 1. The highest BCUT2D eigenvalue weighted by molar-refractivity contribution is 6.29. The number of aromatic nitrogens is 3. The molecular formula is C20H27ClN4O5. The first-order valence-corrected chi connectivity index (χ1v) is 10.1. The van der Waals surface area contributed by atoms with Crippen LogP contribution < -0.4 is 0 Å². The van der Waals surface area contributed by atoms with Crippen LogP contribution in [0.2, 0.25) is 5.15 Å². The number of amides is 1. The van der Waals surface area contributed by atoms with Crippen LogP contribution in [0.4, 0.5) is 4.79 Å². The number of carbonyl (C=O) groups is 2. The highest BCUT2D eigenvalue weighted by Gasteiger charge is 2.37. The van der Waals surface area contributed by atoms with Gasteiger partial charge in [0.25, 0.3) is 0 Å². The maximum absolute atomic E-state index is 13.0. The number of carbonyl (C=O) groups excluding carboxylic acids is 2. The van der Waals surface area contributed by atoms with E-state index in [1.165, 1.54) is 15.6 Å². The maximum Gasteiger partial charge on any atom is 0.411 e. The zero-order chi connectivity index (χ0) is 22.3. The van der Waals surface area contributed by atoms with E-state index in [2.05, 4.69) is 10.1 Å². The first-order chi connectivity index (χ1) is 13.9. The van der Waals surface area contributed by atoms with Gasteiger partial charge >= 0.3 is 12.1 Å². The summed E-state index contributed by atoms with van der Waals surface area (Å²) in [6, 6.07) is 0.934. The summed E-state index contributed by atoms with van der Waals surface area (Å²) in [7, 11) is 0. The lowest BCUT2D eigenvalue weighted by Crippen LogP contribution is -2.46. The van der Waals surface area contributed by atoms with Crippen molar-refractivity contribution in [1.82, 2.24) is 19.5 Å². The van der Waals surface area contributed by atoms with Crippen LogP contribution in [0, 0.1) is 0 Å². The highest BCUT2D eigenvalue weighted by Crippen LogP contribution is 2.30. The fraction of sp³-hybridized carbons (Fsp3) is 0.600. The molecule has 0 saturated carbocycles. The third-order valence-electron chi connectivity index (χ3n) is 4.18. The Morgan fingerprint density at radius 3 is 2.47 bits per heavy atom.